The van der Waals surface area contributed by atoms with Gasteiger partial charge in [0.05, 0.1) is 0 Å². The lowest BCUT2D eigenvalue weighted by Gasteiger charge is -1.77. The summed E-state index contributed by atoms with van der Waals surface area (Å²) in [6.45, 7) is 0. The van der Waals surface area contributed by atoms with E-state index >= 15 is 0 Å². The molecule has 0 aliphatic carbocycles. The molecule has 0 unspecified atom stereocenters. The molecule has 0 saturated carbocycles. The molecule has 0 atom stereocenters. The number of hydrogen-bond donors (Lipinski definition) is 4. The SMILES string of the molecule is Nc1nc(O)c(O)[nH]1. The lowest BCUT2D eigenvalue weighted by atomic mass is 10.8. The minimum atomic E-state index is -0.470. The second-order valence-corrected chi connectivity index (χ2v) is 1.29. The van der Waals surface area contributed by atoms with Crippen LogP contribution in [0.25, 0.3) is 0 Å². The van der Waals surface area contributed by atoms with E-state index in [0.29, 0.717) is 0 Å². The van der Waals surface area contributed by atoms with Gasteiger partial charge in [-0.1, -0.05) is 0 Å². The monoisotopic (exact) mass is 115 g/mol. The van der Waals surface area contributed by atoms with Crippen LogP contribution in [0.15, 0.2) is 0 Å². The fourth-order valence-electron chi connectivity index (χ4n) is 0.372. The van der Waals surface area contributed by atoms with E-state index < -0.39 is 11.8 Å². The van der Waals surface area contributed by atoms with Crippen LogP contribution < -0.4 is 5.73 Å². The van der Waals surface area contributed by atoms with Crippen molar-refractivity contribution in [3.8, 4) is 11.8 Å². The van der Waals surface area contributed by atoms with E-state index in [-0.39, 0.29) is 5.95 Å². The third-order valence-corrected chi connectivity index (χ3v) is 0.685. The van der Waals surface area contributed by atoms with Gasteiger partial charge in [-0.2, -0.15) is 4.98 Å². The zero-order valence-corrected chi connectivity index (χ0v) is 3.92. The van der Waals surface area contributed by atoms with Gasteiger partial charge in [-0.05, 0) is 0 Å². The van der Waals surface area contributed by atoms with Crippen LogP contribution in [-0.4, -0.2) is 20.2 Å². The van der Waals surface area contributed by atoms with Gasteiger partial charge >= 0.3 is 0 Å². The van der Waals surface area contributed by atoms with E-state index in [1.165, 1.54) is 0 Å². The molecule has 5 nitrogen and oxygen atoms in total. The Labute approximate surface area is 44.8 Å². The van der Waals surface area contributed by atoms with Gasteiger partial charge in [-0.15, -0.1) is 0 Å². The molecule has 1 rings (SSSR count). The molecular weight excluding hydrogens is 110 g/mol. The summed E-state index contributed by atoms with van der Waals surface area (Å²) in [6, 6.07) is 0. The second-order valence-electron chi connectivity index (χ2n) is 1.29. The van der Waals surface area contributed by atoms with Crippen LogP contribution in [0.4, 0.5) is 5.95 Å². The normalized spacial score (nSPS) is 9.50. The van der Waals surface area contributed by atoms with Crippen molar-refractivity contribution in [1.29, 1.82) is 0 Å². The fraction of sp³-hybridized carbons (Fsp3) is 0. The zero-order chi connectivity index (χ0) is 6.15. The maximum atomic E-state index is 8.49. The Balaban J connectivity index is 3.14. The number of aromatic nitrogens is 2. The van der Waals surface area contributed by atoms with Crippen LogP contribution in [0.5, 0.6) is 11.8 Å². The smallest absolute Gasteiger partial charge is 0.276 e. The Morgan fingerprint density at radius 3 is 2.25 bits per heavy atom. The second kappa shape index (κ2) is 1.29. The van der Waals surface area contributed by atoms with Crippen LogP contribution >= 0.6 is 0 Å². The Bertz CT molecular complexity index is 175. The molecule has 0 radical (unpaired) electrons. The van der Waals surface area contributed by atoms with Crippen LogP contribution in [0.2, 0.25) is 0 Å². The number of aromatic amines is 1. The number of imidazole rings is 1. The summed E-state index contributed by atoms with van der Waals surface area (Å²) in [7, 11) is 0. The summed E-state index contributed by atoms with van der Waals surface area (Å²) in [5.74, 6) is -0.870. The number of nitrogens with two attached hydrogens (primary N) is 1. The molecule has 0 aliphatic rings. The molecule has 5 N–H and O–H groups in total. The third kappa shape index (κ3) is 0.534. The first kappa shape index (κ1) is 4.76. The number of nitrogen functional groups attached to an aromatic ring is 1. The molecule has 1 aromatic rings. The number of anilines is 1. The van der Waals surface area contributed by atoms with Crippen molar-refractivity contribution in [2.75, 3.05) is 5.73 Å². The summed E-state index contributed by atoms with van der Waals surface area (Å²) >= 11 is 0. The predicted molar refractivity (Wildman–Crippen MR) is 26.3 cm³/mol. The molecule has 0 spiro atoms. The largest absolute Gasteiger partial charge is 0.491 e. The molecule has 1 heterocycles. The van der Waals surface area contributed by atoms with Crippen molar-refractivity contribution in [2.24, 2.45) is 0 Å². The van der Waals surface area contributed by atoms with Gasteiger partial charge in [-0.25, -0.2) is 0 Å². The maximum Gasteiger partial charge on any atom is 0.276 e. The summed E-state index contributed by atoms with van der Waals surface area (Å²) in [6.07, 6.45) is 0. The Morgan fingerprint density at radius 1 is 1.50 bits per heavy atom. The summed E-state index contributed by atoms with van der Waals surface area (Å²) in [4.78, 5) is 5.42. The minimum absolute atomic E-state index is 0.000000000000000444. The van der Waals surface area contributed by atoms with Gasteiger partial charge in [0.2, 0.25) is 5.95 Å². The minimum Gasteiger partial charge on any atom is -0.491 e. The Hall–Kier alpha value is -1.39. The molecule has 0 amide bonds. The van der Waals surface area contributed by atoms with Gasteiger partial charge < -0.3 is 15.9 Å². The first-order valence-electron chi connectivity index (χ1n) is 1.93. The van der Waals surface area contributed by atoms with Crippen molar-refractivity contribution < 1.29 is 10.2 Å². The van der Waals surface area contributed by atoms with Crippen LogP contribution in [0, 0.1) is 0 Å². The lowest BCUT2D eigenvalue weighted by Crippen LogP contribution is -1.84. The summed E-state index contributed by atoms with van der Waals surface area (Å²) < 4.78 is 0. The molecule has 0 aliphatic heterocycles. The van der Waals surface area contributed by atoms with E-state index in [0.717, 1.165) is 0 Å². The lowest BCUT2D eigenvalue weighted by molar-refractivity contribution is 0.386. The van der Waals surface area contributed by atoms with Crippen LogP contribution in [-0.2, 0) is 0 Å². The number of nitrogens with zero attached hydrogens (tertiary/aromatic N) is 1. The quantitative estimate of drug-likeness (QED) is 0.363. The average Bonchev–Trinajstić information content (AvgIpc) is 1.85. The van der Waals surface area contributed by atoms with Crippen molar-refractivity contribution in [3.05, 3.63) is 0 Å². The summed E-state index contributed by atoms with van der Waals surface area (Å²) in [5, 5.41) is 17.0. The molecule has 8 heavy (non-hydrogen) atoms. The number of H-pyrrole nitrogens is 1. The van der Waals surface area contributed by atoms with Crippen molar-refractivity contribution in [1.82, 2.24) is 9.97 Å². The van der Waals surface area contributed by atoms with E-state index in [4.69, 9.17) is 15.9 Å². The molecule has 0 bridgehead atoms. The van der Waals surface area contributed by atoms with E-state index in [1.807, 2.05) is 0 Å². The molecule has 0 aromatic carbocycles. The van der Waals surface area contributed by atoms with Gasteiger partial charge in [0.15, 0.2) is 0 Å². The number of rotatable bonds is 0. The molecule has 0 saturated heterocycles. The highest BCUT2D eigenvalue weighted by Gasteiger charge is 2.01. The van der Waals surface area contributed by atoms with E-state index in [9.17, 15) is 0 Å². The van der Waals surface area contributed by atoms with Gasteiger partial charge in [0.1, 0.15) is 0 Å². The Kier molecular flexibility index (Phi) is 0.768. The summed E-state index contributed by atoms with van der Waals surface area (Å²) in [5.41, 5.74) is 4.99. The van der Waals surface area contributed by atoms with Gasteiger partial charge in [-0.3, -0.25) is 4.98 Å². The predicted octanol–water partition coefficient (Wildman–Crippen LogP) is -0.597. The first-order valence-corrected chi connectivity index (χ1v) is 1.93. The average molecular weight is 115 g/mol. The van der Waals surface area contributed by atoms with E-state index in [1.54, 1.807) is 0 Å². The standard InChI is InChI=1S/C3H5N3O2/c4-3-5-1(7)2(8)6-3/h7-8H,(H3,4,5,6). The molecule has 1 aromatic heterocycles. The van der Waals surface area contributed by atoms with Crippen LogP contribution in [0.1, 0.15) is 0 Å². The van der Waals surface area contributed by atoms with Gasteiger partial charge in [0, 0.05) is 0 Å². The molecule has 0 fully saturated rings. The molecule has 5 heteroatoms. The zero-order valence-electron chi connectivity index (χ0n) is 3.92. The highest BCUT2D eigenvalue weighted by molar-refractivity contribution is 5.32. The Morgan fingerprint density at radius 2 is 2.12 bits per heavy atom. The van der Waals surface area contributed by atoms with Crippen molar-refractivity contribution in [2.45, 2.75) is 0 Å². The third-order valence-electron chi connectivity index (χ3n) is 0.685. The van der Waals surface area contributed by atoms with Crippen LogP contribution in [0.3, 0.4) is 0 Å². The number of aromatic hydroxyl groups is 2. The van der Waals surface area contributed by atoms with Crippen molar-refractivity contribution >= 4 is 5.95 Å². The van der Waals surface area contributed by atoms with E-state index in [2.05, 4.69) is 9.97 Å². The highest BCUT2D eigenvalue weighted by atomic mass is 16.3. The van der Waals surface area contributed by atoms with Gasteiger partial charge in [0.25, 0.3) is 11.8 Å². The fourth-order valence-corrected chi connectivity index (χ4v) is 0.372. The molecular formula is C3H5N3O2. The van der Waals surface area contributed by atoms with Crippen molar-refractivity contribution in [3.63, 3.8) is 0 Å². The highest BCUT2D eigenvalue weighted by Crippen LogP contribution is 2.19. The number of hydrogen-bond acceptors (Lipinski definition) is 4. The first-order chi connectivity index (χ1) is 3.70. The maximum absolute atomic E-state index is 8.49. The number of nitrogens with one attached hydrogen (secondary N) is 1. The topological polar surface area (TPSA) is 95.2 Å². The molecule has 44 valence electrons.